The minimum Gasteiger partial charge on any atom is -0.314 e. The van der Waals surface area contributed by atoms with Gasteiger partial charge in [-0.1, -0.05) is 6.07 Å². The molecule has 1 fully saturated rings. The van der Waals surface area contributed by atoms with Gasteiger partial charge < -0.3 is 5.32 Å². The second-order valence-corrected chi connectivity index (χ2v) is 4.69. The highest BCUT2D eigenvalue weighted by Crippen LogP contribution is 2.32. The molecule has 1 saturated heterocycles. The first-order valence-electron chi connectivity index (χ1n) is 6.31. The van der Waals surface area contributed by atoms with Crippen molar-refractivity contribution in [1.29, 1.82) is 0 Å². The third-order valence-corrected chi connectivity index (χ3v) is 3.43. The van der Waals surface area contributed by atoms with Crippen molar-refractivity contribution in [2.24, 2.45) is 0 Å². The van der Waals surface area contributed by atoms with Crippen LogP contribution in [0.4, 0.5) is 22.0 Å². The number of hydrogen-bond acceptors (Lipinski definition) is 2. The molecule has 0 radical (unpaired) electrons. The van der Waals surface area contributed by atoms with Gasteiger partial charge in [0.15, 0.2) is 0 Å². The molecule has 2 nitrogen and oxygen atoms in total. The molecule has 1 heterocycles. The topological polar surface area (TPSA) is 15.3 Å². The van der Waals surface area contributed by atoms with E-state index in [0.717, 1.165) is 12.1 Å². The monoisotopic (exact) mass is 366 g/mol. The number of benzene rings is 1. The third kappa shape index (κ3) is 4.94. The lowest BCUT2D eigenvalue weighted by molar-refractivity contribution is -0.137. The first-order valence-corrected chi connectivity index (χ1v) is 6.31. The van der Waals surface area contributed by atoms with Crippen LogP contribution in [0.3, 0.4) is 0 Å². The highest BCUT2D eigenvalue weighted by atomic mass is 35.5. The Bertz CT molecular complexity index is 464. The number of alkyl halides is 4. The van der Waals surface area contributed by atoms with Crippen molar-refractivity contribution in [2.45, 2.75) is 12.2 Å². The molecule has 0 amide bonds. The maximum absolute atomic E-state index is 13.9. The molecule has 9 heteroatoms. The maximum Gasteiger partial charge on any atom is 0.416 e. The van der Waals surface area contributed by atoms with Crippen LogP contribution in [0, 0.1) is 5.82 Å². The van der Waals surface area contributed by atoms with Gasteiger partial charge in [0.25, 0.3) is 0 Å². The summed E-state index contributed by atoms with van der Waals surface area (Å²) in [6.07, 6.45) is -4.60. The SMILES string of the molecule is Cl.Cl.FC[C@@H](c1ccc(C(F)(F)F)cc1F)N1CCNCC1. The lowest BCUT2D eigenvalue weighted by Crippen LogP contribution is -2.45. The Morgan fingerprint density at radius 3 is 2.18 bits per heavy atom. The summed E-state index contributed by atoms with van der Waals surface area (Å²) in [6.45, 7) is 1.55. The van der Waals surface area contributed by atoms with E-state index in [1.165, 1.54) is 0 Å². The molecule has 1 atom stereocenters. The van der Waals surface area contributed by atoms with E-state index in [0.29, 0.717) is 32.2 Å². The summed E-state index contributed by atoms with van der Waals surface area (Å²) >= 11 is 0. The van der Waals surface area contributed by atoms with Gasteiger partial charge in [0.05, 0.1) is 11.6 Å². The van der Waals surface area contributed by atoms with E-state index in [9.17, 15) is 22.0 Å². The van der Waals surface area contributed by atoms with Crippen LogP contribution >= 0.6 is 24.8 Å². The molecule has 1 aliphatic rings. The standard InChI is InChI=1S/C13H15F5N2.2ClH/c14-8-12(20-5-3-19-4-6-20)10-2-1-9(7-11(10)15)13(16,17)18;;/h1-2,7,12,19H,3-6,8H2;2*1H/t12-;;/m0../s1. The first kappa shape index (κ1) is 21.4. The lowest BCUT2D eigenvalue weighted by atomic mass is 10.0. The van der Waals surface area contributed by atoms with Crippen LogP contribution in [0.25, 0.3) is 0 Å². The second-order valence-electron chi connectivity index (χ2n) is 4.69. The number of piperazine rings is 1. The molecule has 0 bridgehead atoms. The van der Waals surface area contributed by atoms with Crippen LogP contribution in [0.15, 0.2) is 18.2 Å². The summed E-state index contributed by atoms with van der Waals surface area (Å²) < 4.78 is 64.5. The molecule has 2 rings (SSSR count). The van der Waals surface area contributed by atoms with Gasteiger partial charge in [-0.3, -0.25) is 4.90 Å². The molecule has 1 aliphatic heterocycles. The summed E-state index contributed by atoms with van der Waals surface area (Å²) in [5.74, 6) is -1.01. The van der Waals surface area contributed by atoms with Crippen LogP contribution < -0.4 is 5.32 Å². The largest absolute Gasteiger partial charge is 0.416 e. The number of nitrogens with one attached hydrogen (secondary N) is 1. The van der Waals surface area contributed by atoms with Gasteiger partial charge in [-0.05, 0) is 12.1 Å². The van der Waals surface area contributed by atoms with Crippen molar-refractivity contribution in [2.75, 3.05) is 32.9 Å². The normalized spacial score (nSPS) is 17.3. The molecule has 22 heavy (non-hydrogen) atoms. The van der Waals surface area contributed by atoms with E-state index in [-0.39, 0.29) is 30.4 Å². The Labute approximate surface area is 137 Å². The van der Waals surface area contributed by atoms with Crippen LogP contribution in [-0.2, 0) is 6.18 Å². The Morgan fingerprint density at radius 2 is 1.73 bits per heavy atom. The molecule has 0 aliphatic carbocycles. The molecule has 0 unspecified atom stereocenters. The van der Waals surface area contributed by atoms with Crippen molar-refractivity contribution >= 4 is 24.8 Å². The zero-order chi connectivity index (χ0) is 14.8. The fourth-order valence-electron chi connectivity index (χ4n) is 2.34. The summed E-state index contributed by atoms with van der Waals surface area (Å²) in [4.78, 5) is 1.74. The van der Waals surface area contributed by atoms with Crippen molar-refractivity contribution in [3.63, 3.8) is 0 Å². The number of halogens is 7. The summed E-state index contributed by atoms with van der Waals surface area (Å²) in [5, 5.41) is 3.08. The lowest BCUT2D eigenvalue weighted by Gasteiger charge is -2.33. The van der Waals surface area contributed by atoms with Gasteiger partial charge in [0.1, 0.15) is 12.5 Å². The van der Waals surface area contributed by atoms with Crippen molar-refractivity contribution < 1.29 is 22.0 Å². The van der Waals surface area contributed by atoms with Crippen LogP contribution in [0.1, 0.15) is 17.2 Å². The molecular formula is C13H17Cl2F5N2. The van der Waals surface area contributed by atoms with Gasteiger partial charge in [-0.15, -0.1) is 24.8 Å². The van der Waals surface area contributed by atoms with Gasteiger partial charge in [0.2, 0.25) is 0 Å². The predicted molar refractivity (Wildman–Crippen MR) is 79.1 cm³/mol. The minimum absolute atomic E-state index is 0. The summed E-state index contributed by atoms with van der Waals surface area (Å²) in [5.41, 5.74) is -1.08. The van der Waals surface area contributed by atoms with E-state index in [2.05, 4.69) is 5.32 Å². The van der Waals surface area contributed by atoms with Crippen LogP contribution in [0.5, 0.6) is 0 Å². The van der Waals surface area contributed by atoms with E-state index in [1.54, 1.807) is 4.90 Å². The Morgan fingerprint density at radius 1 is 1.14 bits per heavy atom. The average Bonchev–Trinajstić information content (AvgIpc) is 2.41. The fourth-order valence-corrected chi connectivity index (χ4v) is 2.34. The molecule has 0 aromatic heterocycles. The molecule has 0 saturated carbocycles. The van der Waals surface area contributed by atoms with Crippen LogP contribution in [-0.4, -0.2) is 37.8 Å². The van der Waals surface area contributed by atoms with Gasteiger partial charge in [-0.2, -0.15) is 13.2 Å². The zero-order valence-electron chi connectivity index (χ0n) is 11.5. The van der Waals surface area contributed by atoms with Gasteiger partial charge in [0, 0.05) is 31.7 Å². The van der Waals surface area contributed by atoms with Crippen molar-refractivity contribution in [3.8, 4) is 0 Å². The number of hydrogen-bond donors (Lipinski definition) is 1. The molecule has 1 N–H and O–H groups in total. The Hall–Kier alpha value is -0.630. The first-order chi connectivity index (χ1) is 9.43. The Kier molecular flexibility index (Phi) is 8.61. The summed E-state index contributed by atoms with van der Waals surface area (Å²) in [7, 11) is 0. The highest BCUT2D eigenvalue weighted by Gasteiger charge is 2.32. The van der Waals surface area contributed by atoms with E-state index >= 15 is 0 Å². The summed E-state index contributed by atoms with van der Waals surface area (Å²) in [6, 6.07) is 1.42. The third-order valence-electron chi connectivity index (χ3n) is 3.43. The number of nitrogens with zero attached hydrogens (tertiary/aromatic N) is 1. The molecule has 0 spiro atoms. The number of rotatable bonds is 3. The predicted octanol–water partition coefficient (Wildman–Crippen LogP) is 3.60. The van der Waals surface area contributed by atoms with Gasteiger partial charge in [-0.25, -0.2) is 8.78 Å². The van der Waals surface area contributed by atoms with E-state index < -0.39 is 30.3 Å². The maximum atomic E-state index is 13.9. The molecule has 1 aromatic carbocycles. The minimum atomic E-state index is -4.60. The molecule has 128 valence electrons. The van der Waals surface area contributed by atoms with Crippen molar-refractivity contribution in [3.05, 3.63) is 35.1 Å². The van der Waals surface area contributed by atoms with Crippen molar-refractivity contribution in [1.82, 2.24) is 10.2 Å². The van der Waals surface area contributed by atoms with Gasteiger partial charge >= 0.3 is 6.18 Å². The van der Waals surface area contributed by atoms with Crippen LogP contribution in [0.2, 0.25) is 0 Å². The van der Waals surface area contributed by atoms with E-state index in [1.807, 2.05) is 0 Å². The molecular weight excluding hydrogens is 350 g/mol. The highest BCUT2D eigenvalue weighted by molar-refractivity contribution is 5.85. The fraction of sp³-hybridized carbons (Fsp3) is 0.538. The Balaban J connectivity index is 0.00000220. The average molecular weight is 367 g/mol. The quantitative estimate of drug-likeness (QED) is 0.822. The molecule has 1 aromatic rings. The van der Waals surface area contributed by atoms with E-state index in [4.69, 9.17) is 0 Å². The smallest absolute Gasteiger partial charge is 0.314 e. The second kappa shape index (κ2) is 8.86. The zero-order valence-corrected chi connectivity index (χ0v) is 13.1.